The van der Waals surface area contributed by atoms with Gasteiger partial charge in [-0.2, -0.15) is 0 Å². The maximum Gasteiger partial charge on any atom is 0.338 e. The molecular formula is C15H17N3O4. The highest BCUT2D eigenvalue weighted by Gasteiger charge is 2.08. The molecule has 1 aromatic carbocycles. The second-order valence-corrected chi connectivity index (χ2v) is 4.52. The summed E-state index contributed by atoms with van der Waals surface area (Å²) in [6, 6.07) is 8.18. The summed E-state index contributed by atoms with van der Waals surface area (Å²) in [7, 11) is 0. The van der Waals surface area contributed by atoms with Crippen molar-refractivity contribution >= 4 is 23.4 Å². The Bertz CT molecular complexity index is 649. The molecule has 1 heterocycles. The lowest BCUT2D eigenvalue weighted by Crippen LogP contribution is -2.21. The number of anilines is 2. The molecule has 0 spiro atoms. The Morgan fingerprint density at radius 3 is 2.59 bits per heavy atom. The average molecular weight is 303 g/mol. The van der Waals surface area contributed by atoms with Crippen LogP contribution in [0.1, 0.15) is 23.0 Å². The number of amides is 1. The molecule has 2 rings (SSSR count). The van der Waals surface area contributed by atoms with E-state index >= 15 is 0 Å². The van der Waals surface area contributed by atoms with Crippen LogP contribution in [-0.2, 0) is 9.53 Å². The summed E-state index contributed by atoms with van der Waals surface area (Å²) >= 11 is 0. The molecule has 7 heteroatoms. The van der Waals surface area contributed by atoms with Gasteiger partial charge in [-0.05, 0) is 38.1 Å². The van der Waals surface area contributed by atoms with E-state index in [1.165, 1.54) is 0 Å². The van der Waals surface area contributed by atoms with Gasteiger partial charge in [0.05, 0.1) is 18.7 Å². The molecule has 0 bridgehead atoms. The lowest BCUT2D eigenvalue weighted by Gasteiger charge is -2.07. The quantitative estimate of drug-likeness (QED) is 0.795. The van der Waals surface area contributed by atoms with Gasteiger partial charge in [-0.3, -0.25) is 4.79 Å². The Hall–Kier alpha value is -2.83. The third kappa shape index (κ3) is 4.34. The number of benzene rings is 1. The zero-order valence-corrected chi connectivity index (χ0v) is 12.4. The van der Waals surface area contributed by atoms with Crippen molar-refractivity contribution in [3.8, 4) is 0 Å². The van der Waals surface area contributed by atoms with E-state index in [0.29, 0.717) is 29.4 Å². The Labute approximate surface area is 127 Å². The first-order valence-corrected chi connectivity index (χ1v) is 6.82. The predicted octanol–water partition coefficient (Wildman–Crippen LogP) is 2.21. The van der Waals surface area contributed by atoms with Gasteiger partial charge in [0.25, 0.3) is 0 Å². The van der Waals surface area contributed by atoms with Crippen molar-refractivity contribution in [3.05, 3.63) is 41.7 Å². The Balaban J connectivity index is 1.85. The molecule has 0 radical (unpaired) electrons. The molecule has 0 aliphatic heterocycles. The number of nitrogens with zero attached hydrogens (tertiary/aromatic N) is 1. The first kappa shape index (κ1) is 15.6. The number of aryl methyl sites for hydroxylation is 1. The minimum absolute atomic E-state index is 0.0611. The van der Waals surface area contributed by atoms with Crippen LogP contribution >= 0.6 is 0 Å². The zero-order valence-electron chi connectivity index (χ0n) is 12.4. The van der Waals surface area contributed by atoms with Crippen LogP contribution in [0.15, 0.2) is 34.9 Å². The average Bonchev–Trinajstić information content (AvgIpc) is 2.92. The van der Waals surface area contributed by atoms with E-state index in [2.05, 4.69) is 15.8 Å². The van der Waals surface area contributed by atoms with E-state index in [-0.39, 0.29) is 18.4 Å². The van der Waals surface area contributed by atoms with Crippen LogP contribution in [0.25, 0.3) is 0 Å². The topological polar surface area (TPSA) is 93.5 Å². The molecule has 0 fully saturated rings. The Kier molecular flexibility index (Phi) is 5.13. The first-order valence-electron chi connectivity index (χ1n) is 6.82. The number of carbonyl (C=O) groups excluding carboxylic acids is 2. The number of aromatic nitrogens is 1. The number of nitrogens with one attached hydrogen (secondary N) is 2. The molecule has 7 nitrogen and oxygen atoms in total. The highest BCUT2D eigenvalue weighted by atomic mass is 16.5. The molecule has 0 saturated heterocycles. The lowest BCUT2D eigenvalue weighted by atomic mass is 10.2. The number of hydrogen-bond acceptors (Lipinski definition) is 6. The van der Waals surface area contributed by atoms with Gasteiger partial charge in [0.15, 0.2) is 5.82 Å². The third-order valence-corrected chi connectivity index (χ3v) is 2.74. The molecule has 0 aliphatic rings. The molecule has 0 atom stereocenters. The van der Waals surface area contributed by atoms with E-state index in [1.54, 1.807) is 44.2 Å². The third-order valence-electron chi connectivity index (χ3n) is 2.74. The highest BCUT2D eigenvalue weighted by molar-refractivity contribution is 5.94. The van der Waals surface area contributed by atoms with Gasteiger partial charge in [-0.15, -0.1) is 0 Å². The summed E-state index contributed by atoms with van der Waals surface area (Å²) in [6.07, 6.45) is 0. The normalized spacial score (nSPS) is 10.1. The van der Waals surface area contributed by atoms with Gasteiger partial charge in [0.1, 0.15) is 5.76 Å². The van der Waals surface area contributed by atoms with Crippen molar-refractivity contribution in [1.29, 1.82) is 0 Å². The van der Waals surface area contributed by atoms with Gasteiger partial charge in [-0.25, -0.2) is 4.79 Å². The summed E-state index contributed by atoms with van der Waals surface area (Å²) in [5.41, 5.74) is 1.03. The standard InChI is InChI=1S/C15H17N3O4/c1-3-21-15(20)11-4-6-12(7-5-11)17-14(19)9-16-13-8-10(2)22-18-13/h4-8H,3,9H2,1-2H3,(H,16,18)(H,17,19). The molecule has 1 amide bonds. The molecule has 2 aromatic rings. The molecule has 116 valence electrons. The van der Waals surface area contributed by atoms with Crippen LogP contribution in [0, 0.1) is 6.92 Å². The lowest BCUT2D eigenvalue weighted by molar-refractivity contribution is -0.114. The van der Waals surface area contributed by atoms with Gasteiger partial charge in [0.2, 0.25) is 5.91 Å². The molecule has 1 aromatic heterocycles. The second kappa shape index (κ2) is 7.26. The summed E-state index contributed by atoms with van der Waals surface area (Å²) in [5, 5.41) is 9.27. The van der Waals surface area contributed by atoms with Crippen LogP contribution in [0.3, 0.4) is 0 Å². The van der Waals surface area contributed by atoms with Crippen LogP contribution in [0.2, 0.25) is 0 Å². The van der Waals surface area contributed by atoms with E-state index in [9.17, 15) is 9.59 Å². The summed E-state index contributed by atoms with van der Waals surface area (Å²) in [5.74, 6) is 0.552. The van der Waals surface area contributed by atoms with Gasteiger partial charge >= 0.3 is 5.97 Å². The molecular weight excluding hydrogens is 286 g/mol. The maximum absolute atomic E-state index is 11.8. The van der Waals surface area contributed by atoms with E-state index in [1.807, 2.05) is 0 Å². The van der Waals surface area contributed by atoms with Crippen LogP contribution in [-0.4, -0.2) is 30.2 Å². The molecule has 0 saturated carbocycles. The number of ether oxygens (including phenoxy) is 1. The molecule has 2 N–H and O–H groups in total. The van der Waals surface area contributed by atoms with E-state index in [4.69, 9.17) is 9.26 Å². The number of rotatable bonds is 6. The predicted molar refractivity (Wildman–Crippen MR) is 80.8 cm³/mol. The molecule has 0 aliphatic carbocycles. The summed E-state index contributed by atoms with van der Waals surface area (Å²) < 4.78 is 9.77. The van der Waals surface area contributed by atoms with Crippen molar-refractivity contribution in [2.24, 2.45) is 0 Å². The fourth-order valence-corrected chi connectivity index (χ4v) is 1.73. The van der Waals surface area contributed by atoms with Crippen LogP contribution in [0.5, 0.6) is 0 Å². The van der Waals surface area contributed by atoms with Gasteiger partial charge in [0, 0.05) is 11.8 Å². The fraction of sp³-hybridized carbons (Fsp3) is 0.267. The van der Waals surface area contributed by atoms with Crippen molar-refractivity contribution in [1.82, 2.24) is 5.16 Å². The van der Waals surface area contributed by atoms with Gasteiger partial charge < -0.3 is 19.9 Å². The number of hydrogen-bond donors (Lipinski definition) is 2. The minimum Gasteiger partial charge on any atom is -0.462 e. The second-order valence-electron chi connectivity index (χ2n) is 4.52. The molecule has 22 heavy (non-hydrogen) atoms. The molecule has 0 unspecified atom stereocenters. The van der Waals surface area contributed by atoms with Crippen LogP contribution in [0.4, 0.5) is 11.5 Å². The maximum atomic E-state index is 11.8. The van der Waals surface area contributed by atoms with E-state index in [0.717, 1.165) is 0 Å². The largest absolute Gasteiger partial charge is 0.462 e. The van der Waals surface area contributed by atoms with Crippen LogP contribution < -0.4 is 10.6 Å². The van der Waals surface area contributed by atoms with Crippen molar-refractivity contribution < 1.29 is 18.8 Å². The Morgan fingerprint density at radius 2 is 2.00 bits per heavy atom. The zero-order chi connectivity index (χ0) is 15.9. The van der Waals surface area contributed by atoms with Crippen molar-refractivity contribution in [3.63, 3.8) is 0 Å². The number of carbonyl (C=O) groups is 2. The van der Waals surface area contributed by atoms with E-state index < -0.39 is 0 Å². The monoisotopic (exact) mass is 303 g/mol. The van der Waals surface area contributed by atoms with Crippen molar-refractivity contribution in [2.75, 3.05) is 23.8 Å². The highest BCUT2D eigenvalue weighted by Crippen LogP contribution is 2.11. The Morgan fingerprint density at radius 1 is 1.27 bits per heavy atom. The van der Waals surface area contributed by atoms with Gasteiger partial charge in [-0.1, -0.05) is 5.16 Å². The van der Waals surface area contributed by atoms with Crippen molar-refractivity contribution in [2.45, 2.75) is 13.8 Å². The summed E-state index contributed by atoms with van der Waals surface area (Å²) in [6.45, 7) is 3.90. The number of esters is 1. The smallest absolute Gasteiger partial charge is 0.338 e. The summed E-state index contributed by atoms with van der Waals surface area (Å²) in [4.78, 5) is 23.3. The minimum atomic E-state index is -0.386. The first-order chi connectivity index (χ1) is 10.6. The fourth-order valence-electron chi connectivity index (χ4n) is 1.73. The SMILES string of the molecule is CCOC(=O)c1ccc(NC(=O)CNc2cc(C)on2)cc1.